The number of aliphatic hydroxyl groups is 1. The Morgan fingerprint density at radius 2 is 2.18 bits per heavy atom. The third-order valence-corrected chi connectivity index (χ3v) is 4.22. The van der Waals surface area contributed by atoms with E-state index in [2.05, 4.69) is 4.72 Å². The summed E-state index contributed by atoms with van der Waals surface area (Å²) in [6, 6.07) is 1.36. The number of hydrogen-bond donors (Lipinski definition) is 2. The fraction of sp³-hybridized carbons (Fsp3) is 0.636. The lowest BCUT2D eigenvalue weighted by atomic mass is 10.1. The van der Waals surface area contributed by atoms with Gasteiger partial charge in [0.05, 0.1) is 0 Å². The molecule has 2 N–H and O–H groups in total. The van der Waals surface area contributed by atoms with Crippen LogP contribution in [0.2, 0.25) is 0 Å². The highest BCUT2D eigenvalue weighted by molar-refractivity contribution is 7.89. The van der Waals surface area contributed by atoms with Crippen LogP contribution in [0.4, 0.5) is 0 Å². The average Bonchev–Trinajstić information content (AvgIpc) is 2.68. The summed E-state index contributed by atoms with van der Waals surface area (Å²) in [5, 5.41) is 8.89. The van der Waals surface area contributed by atoms with Crippen molar-refractivity contribution in [3.05, 3.63) is 17.6 Å². The third-order valence-electron chi connectivity index (χ3n) is 2.69. The first-order valence-corrected chi connectivity index (χ1v) is 7.08. The largest absolute Gasteiger partial charge is 0.462 e. The fourth-order valence-electron chi connectivity index (χ4n) is 1.34. The molecule has 0 bridgehead atoms. The SMILES string of the molecule is CCC(C)CNS(=O)(=O)c1cc(CO)oc1C. The van der Waals surface area contributed by atoms with Crippen molar-refractivity contribution < 1.29 is 17.9 Å². The minimum Gasteiger partial charge on any atom is -0.462 e. The van der Waals surface area contributed by atoms with E-state index in [1.807, 2.05) is 13.8 Å². The van der Waals surface area contributed by atoms with Crippen LogP contribution < -0.4 is 4.72 Å². The van der Waals surface area contributed by atoms with Gasteiger partial charge < -0.3 is 9.52 Å². The van der Waals surface area contributed by atoms with Gasteiger partial charge in [-0.2, -0.15) is 0 Å². The summed E-state index contributed by atoms with van der Waals surface area (Å²) in [6.07, 6.45) is 0.911. The first-order valence-electron chi connectivity index (χ1n) is 5.60. The predicted molar refractivity (Wildman–Crippen MR) is 64.0 cm³/mol. The van der Waals surface area contributed by atoms with E-state index >= 15 is 0 Å². The van der Waals surface area contributed by atoms with Crippen LogP contribution in [0.1, 0.15) is 31.8 Å². The van der Waals surface area contributed by atoms with Gasteiger partial charge >= 0.3 is 0 Å². The van der Waals surface area contributed by atoms with Crippen LogP contribution in [0.3, 0.4) is 0 Å². The number of furan rings is 1. The summed E-state index contributed by atoms with van der Waals surface area (Å²) in [6.45, 7) is 5.65. The van der Waals surface area contributed by atoms with Crippen molar-refractivity contribution in [2.75, 3.05) is 6.54 Å². The molecule has 1 aromatic heterocycles. The minimum absolute atomic E-state index is 0.102. The maximum atomic E-state index is 11.9. The Balaban J connectivity index is 2.85. The molecule has 1 unspecified atom stereocenters. The molecule has 0 radical (unpaired) electrons. The second kappa shape index (κ2) is 5.66. The van der Waals surface area contributed by atoms with Crippen LogP contribution in [-0.2, 0) is 16.6 Å². The molecule has 0 aliphatic heterocycles. The number of rotatable bonds is 6. The summed E-state index contributed by atoms with van der Waals surface area (Å²) in [7, 11) is -3.54. The number of aryl methyl sites for hydroxylation is 1. The molecule has 0 fully saturated rings. The highest BCUT2D eigenvalue weighted by Crippen LogP contribution is 2.20. The van der Waals surface area contributed by atoms with Gasteiger partial charge in [0.25, 0.3) is 0 Å². The number of sulfonamides is 1. The van der Waals surface area contributed by atoms with Gasteiger partial charge in [-0.15, -0.1) is 0 Å². The first-order chi connectivity index (χ1) is 7.90. The van der Waals surface area contributed by atoms with Crippen LogP contribution >= 0.6 is 0 Å². The van der Waals surface area contributed by atoms with Crippen molar-refractivity contribution in [3.8, 4) is 0 Å². The molecule has 98 valence electrons. The molecule has 1 heterocycles. The zero-order valence-corrected chi connectivity index (χ0v) is 11.2. The Labute approximate surface area is 102 Å². The molecule has 0 saturated heterocycles. The lowest BCUT2D eigenvalue weighted by Gasteiger charge is -2.09. The molecule has 0 aliphatic rings. The lowest BCUT2D eigenvalue weighted by Crippen LogP contribution is -2.28. The minimum atomic E-state index is -3.54. The summed E-state index contributed by atoms with van der Waals surface area (Å²) < 4.78 is 31.5. The van der Waals surface area contributed by atoms with E-state index in [0.29, 0.717) is 12.3 Å². The van der Waals surface area contributed by atoms with Crippen molar-refractivity contribution in [1.29, 1.82) is 0 Å². The topological polar surface area (TPSA) is 79.5 Å². The van der Waals surface area contributed by atoms with Gasteiger partial charge in [-0.3, -0.25) is 0 Å². The smallest absolute Gasteiger partial charge is 0.244 e. The van der Waals surface area contributed by atoms with E-state index < -0.39 is 10.0 Å². The van der Waals surface area contributed by atoms with E-state index in [9.17, 15) is 8.42 Å². The van der Waals surface area contributed by atoms with Crippen molar-refractivity contribution >= 4 is 10.0 Å². The molecule has 1 rings (SSSR count). The second-order valence-electron chi connectivity index (χ2n) is 4.16. The van der Waals surface area contributed by atoms with Crippen LogP contribution in [0, 0.1) is 12.8 Å². The van der Waals surface area contributed by atoms with E-state index in [-0.39, 0.29) is 23.2 Å². The number of hydrogen-bond acceptors (Lipinski definition) is 4. The second-order valence-corrected chi connectivity index (χ2v) is 5.89. The van der Waals surface area contributed by atoms with E-state index in [1.54, 1.807) is 6.92 Å². The highest BCUT2D eigenvalue weighted by atomic mass is 32.2. The molecular formula is C11H19NO4S. The first kappa shape index (κ1) is 14.2. The standard InChI is InChI=1S/C11H19NO4S/c1-4-8(2)6-12-17(14,15)11-5-10(7-13)16-9(11)3/h5,8,12-13H,4,6-7H2,1-3H3. The van der Waals surface area contributed by atoms with Crippen LogP contribution in [-0.4, -0.2) is 20.1 Å². The van der Waals surface area contributed by atoms with E-state index in [1.165, 1.54) is 6.07 Å². The number of nitrogens with one attached hydrogen (secondary N) is 1. The van der Waals surface area contributed by atoms with Crippen molar-refractivity contribution in [1.82, 2.24) is 4.72 Å². The molecule has 5 nitrogen and oxygen atoms in total. The van der Waals surface area contributed by atoms with Crippen molar-refractivity contribution in [3.63, 3.8) is 0 Å². The molecule has 0 spiro atoms. The number of aliphatic hydroxyl groups excluding tert-OH is 1. The maximum absolute atomic E-state index is 11.9. The molecule has 0 saturated carbocycles. The zero-order chi connectivity index (χ0) is 13.1. The Kier molecular flexibility index (Phi) is 4.73. The lowest BCUT2D eigenvalue weighted by molar-refractivity contribution is 0.244. The zero-order valence-electron chi connectivity index (χ0n) is 10.4. The molecule has 0 aliphatic carbocycles. The van der Waals surface area contributed by atoms with Gasteiger partial charge in [0.1, 0.15) is 23.0 Å². The van der Waals surface area contributed by atoms with Gasteiger partial charge in [-0.1, -0.05) is 20.3 Å². The van der Waals surface area contributed by atoms with Crippen LogP contribution in [0.5, 0.6) is 0 Å². The molecule has 6 heteroatoms. The molecule has 0 aromatic carbocycles. The summed E-state index contributed by atoms with van der Waals surface area (Å²) >= 11 is 0. The molecule has 17 heavy (non-hydrogen) atoms. The molecule has 1 aromatic rings. The van der Waals surface area contributed by atoms with E-state index in [4.69, 9.17) is 9.52 Å². The van der Waals surface area contributed by atoms with Crippen LogP contribution in [0.15, 0.2) is 15.4 Å². The quantitative estimate of drug-likeness (QED) is 0.811. The van der Waals surface area contributed by atoms with Gasteiger partial charge in [-0.05, 0) is 12.8 Å². The van der Waals surface area contributed by atoms with Gasteiger partial charge in [0, 0.05) is 12.6 Å². The van der Waals surface area contributed by atoms with E-state index in [0.717, 1.165) is 6.42 Å². The molecular weight excluding hydrogens is 242 g/mol. The Morgan fingerprint density at radius 1 is 1.53 bits per heavy atom. The molecule has 1 atom stereocenters. The molecule has 0 amide bonds. The fourth-order valence-corrected chi connectivity index (χ4v) is 2.71. The average molecular weight is 261 g/mol. The summed E-state index contributed by atoms with van der Waals surface area (Å²) in [4.78, 5) is 0.102. The monoisotopic (exact) mass is 261 g/mol. The van der Waals surface area contributed by atoms with Crippen LogP contribution in [0.25, 0.3) is 0 Å². The van der Waals surface area contributed by atoms with Gasteiger partial charge in [-0.25, -0.2) is 13.1 Å². The summed E-state index contributed by atoms with van der Waals surface area (Å²) in [5.74, 6) is 0.839. The Bertz CT molecular complexity index is 464. The highest BCUT2D eigenvalue weighted by Gasteiger charge is 2.21. The predicted octanol–water partition coefficient (Wildman–Crippen LogP) is 1.40. The summed E-state index contributed by atoms with van der Waals surface area (Å²) in [5.41, 5.74) is 0. The van der Waals surface area contributed by atoms with Crippen molar-refractivity contribution in [2.45, 2.75) is 38.7 Å². The van der Waals surface area contributed by atoms with Gasteiger partial charge in [0.15, 0.2) is 0 Å². The third kappa shape index (κ3) is 3.55. The Morgan fingerprint density at radius 3 is 2.65 bits per heavy atom. The maximum Gasteiger partial charge on any atom is 0.244 e. The van der Waals surface area contributed by atoms with Gasteiger partial charge in [0.2, 0.25) is 10.0 Å². The van der Waals surface area contributed by atoms with Crippen molar-refractivity contribution in [2.24, 2.45) is 5.92 Å². The normalized spacial score (nSPS) is 13.9. The Hall–Kier alpha value is -0.850.